The zero-order chi connectivity index (χ0) is 23.4. The Labute approximate surface area is 190 Å². The Morgan fingerprint density at radius 1 is 0.727 bits per heavy atom. The smallest absolute Gasteiger partial charge is 0.253 e. The number of fused-ring (bicyclic) bond motifs is 2. The Hall–Kier alpha value is -3.54. The van der Waals surface area contributed by atoms with Crippen LogP contribution in [-0.4, -0.2) is 36.8 Å². The van der Waals surface area contributed by atoms with Gasteiger partial charge in [0.15, 0.2) is 0 Å². The van der Waals surface area contributed by atoms with Gasteiger partial charge < -0.3 is 9.97 Å². The molecule has 0 radical (unpaired) electrons. The van der Waals surface area contributed by atoms with Crippen LogP contribution in [0.3, 0.4) is 0 Å². The summed E-state index contributed by atoms with van der Waals surface area (Å²) in [5, 5.41) is 0. The normalized spacial score (nSPS) is 12.5. The first kappa shape index (κ1) is 21.3. The molecule has 2 aromatic heterocycles. The van der Waals surface area contributed by atoms with Gasteiger partial charge in [-0.15, -0.1) is 4.13 Å². The average Bonchev–Trinajstić information content (AvgIpc) is 3.34. The van der Waals surface area contributed by atoms with Gasteiger partial charge in [-0.1, -0.05) is 23.8 Å². The van der Waals surface area contributed by atoms with Crippen LogP contribution in [0.4, 0.5) is 0 Å². The van der Waals surface area contributed by atoms with Gasteiger partial charge in [0.05, 0.1) is 31.9 Å². The van der Waals surface area contributed by atoms with E-state index in [0.29, 0.717) is 33.7 Å². The van der Waals surface area contributed by atoms with Gasteiger partial charge in [0.1, 0.15) is 11.6 Å². The third-order valence-electron chi connectivity index (χ3n) is 5.16. The van der Waals surface area contributed by atoms with Crippen molar-refractivity contribution in [1.82, 2.24) is 24.1 Å². The molecule has 0 spiro atoms. The van der Waals surface area contributed by atoms with Crippen molar-refractivity contribution >= 4 is 42.1 Å². The maximum atomic E-state index is 12.9. The molecule has 9 nitrogen and oxygen atoms in total. The predicted octanol–water partition coefficient (Wildman–Crippen LogP) is 3.39. The molecule has 0 fully saturated rings. The second kappa shape index (κ2) is 7.51. The molecule has 0 aliphatic carbocycles. The lowest BCUT2D eigenvalue weighted by Crippen LogP contribution is -2.30. The van der Waals surface area contributed by atoms with E-state index in [2.05, 4.69) is 19.9 Å². The molecule has 0 atom stereocenters. The van der Waals surface area contributed by atoms with Crippen LogP contribution < -0.4 is 4.13 Å². The van der Waals surface area contributed by atoms with Crippen molar-refractivity contribution in [1.29, 1.82) is 0 Å². The van der Waals surface area contributed by atoms with Gasteiger partial charge in [0.25, 0.3) is 20.0 Å². The van der Waals surface area contributed by atoms with Crippen molar-refractivity contribution in [3.63, 3.8) is 0 Å². The number of rotatable bonds is 5. The van der Waals surface area contributed by atoms with Crippen LogP contribution in [-0.2, 0) is 20.0 Å². The lowest BCUT2D eigenvalue weighted by atomic mass is 10.1. The van der Waals surface area contributed by atoms with Crippen molar-refractivity contribution in [2.75, 3.05) is 0 Å². The first-order chi connectivity index (χ1) is 15.6. The molecule has 168 valence electrons. The fraction of sp³-hybridized carbons (Fsp3) is 0.0909. The van der Waals surface area contributed by atoms with Crippen LogP contribution in [0.15, 0.2) is 70.5 Å². The molecule has 3 aromatic carbocycles. The molecule has 3 N–H and O–H groups in total. The van der Waals surface area contributed by atoms with Gasteiger partial charge in [-0.2, -0.15) is 0 Å². The molecule has 0 aliphatic rings. The highest BCUT2D eigenvalue weighted by atomic mass is 32.3. The lowest BCUT2D eigenvalue weighted by Gasteiger charge is -2.08. The van der Waals surface area contributed by atoms with Crippen LogP contribution in [0, 0.1) is 13.8 Å². The van der Waals surface area contributed by atoms with Crippen LogP contribution >= 0.6 is 0 Å². The van der Waals surface area contributed by atoms with Crippen LogP contribution in [0.2, 0.25) is 0 Å². The second-order valence-electron chi connectivity index (χ2n) is 7.73. The highest BCUT2D eigenvalue weighted by molar-refractivity contribution is 8.04. The van der Waals surface area contributed by atoms with Gasteiger partial charge >= 0.3 is 0 Å². The quantitative estimate of drug-likeness (QED) is 0.352. The van der Waals surface area contributed by atoms with Gasteiger partial charge in [0, 0.05) is 5.56 Å². The van der Waals surface area contributed by atoms with E-state index in [1.807, 2.05) is 35.3 Å². The van der Waals surface area contributed by atoms with Gasteiger partial charge in [-0.05, 0) is 56.3 Å². The molecule has 0 aliphatic heterocycles. The zero-order valence-corrected chi connectivity index (χ0v) is 19.3. The van der Waals surface area contributed by atoms with Crippen molar-refractivity contribution in [3.8, 4) is 11.4 Å². The summed E-state index contributed by atoms with van der Waals surface area (Å²) in [6, 6.07) is 16.1. The molecule has 0 saturated carbocycles. The maximum Gasteiger partial charge on any atom is 0.253 e. The minimum atomic E-state index is -4.38. The number of aryl methyl sites for hydroxylation is 2. The standard InChI is InChI=1S/C22H19N5O4S2/c1-13-4-3-5-15(10-13)22-25-19-9-7-17(12-21(19)26-22)33(30,31)27-32(28,29)16-6-8-18-20(11-16)24-14(2)23-18/h3-12,27H,1-2H3,(H,23,24)(H,25,26). The minimum absolute atomic E-state index is 0.188. The number of sulfonamides is 2. The van der Waals surface area contributed by atoms with Crippen molar-refractivity contribution in [3.05, 3.63) is 72.1 Å². The van der Waals surface area contributed by atoms with Crippen molar-refractivity contribution < 1.29 is 16.8 Å². The van der Waals surface area contributed by atoms with E-state index in [1.54, 1.807) is 6.92 Å². The summed E-state index contributed by atoms with van der Waals surface area (Å²) >= 11 is 0. The molecule has 2 heterocycles. The van der Waals surface area contributed by atoms with Gasteiger partial charge in [-0.3, -0.25) is 0 Å². The monoisotopic (exact) mass is 481 g/mol. The fourth-order valence-corrected chi connectivity index (χ4v) is 6.57. The van der Waals surface area contributed by atoms with E-state index < -0.39 is 20.0 Å². The van der Waals surface area contributed by atoms with Crippen molar-refractivity contribution in [2.45, 2.75) is 23.6 Å². The van der Waals surface area contributed by atoms with E-state index in [9.17, 15) is 16.8 Å². The number of nitrogens with zero attached hydrogens (tertiary/aromatic N) is 2. The van der Waals surface area contributed by atoms with Gasteiger partial charge in [-0.25, -0.2) is 26.8 Å². The number of aromatic amines is 2. The highest BCUT2D eigenvalue weighted by Gasteiger charge is 2.25. The van der Waals surface area contributed by atoms with Crippen LogP contribution in [0.25, 0.3) is 33.5 Å². The first-order valence-corrected chi connectivity index (χ1v) is 12.9. The molecule has 0 unspecified atom stereocenters. The number of hydrogen-bond acceptors (Lipinski definition) is 6. The summed E-state index contributed by atoms with van der Waals surface area (Å²) in [4.78, 5) is 14.4. The van der Waals surface area contributed by atoms with Gasteiger partial charge in [0.2, 0.25) is 0 Å². The molecule has 0 amide bonds. The van der Waals surface area contributed by atoms with E-state index >= 15 is 0 Å². The Bertz CT molecular complexity index is 1750. The molecule has 33 heavy (non-hydrogen) atoms. The summed E-state index contributed by atoms with van der Waals surface area (Å²) < 4.78 is 53.3. The summed E-state index contributed by atoms with van der Waals surface area (Å²) in [7, 11) is -8.74. The molecular weight excluding hydrogens is 462 g/mol. The third kappa shape index (κ3) is 4.01. The second-order valence-corrected chi connectivity index (χ2v) is 11.3. The zero-order valence-electron chi connectivity index (χ0n) is 17.6. The SMILES string of the molecule is Cc1cccc(-c2nc3ccc(S(=O)(=O)NS(=O)(=O)c4ccc5nc(C)[nH]c5c4)cc3[nH]2)c1. The Morgan fingerprint density at radius 2 is 1.33 bits per heavy atom. The highest BCUT2D eigenvalue weighted by Crippen LogP contribution is 2.24. The molecular formula is C22H19N5O4S2. The Balaban J connectivity index is 1.48. The number of nitrogens with one attached hydrogen (secondary N) is 3. The summed E-state index contributed by atoms with van der Waals surface area (Å²) in [5.74, 6) is 1.21. The van der Waals surface area contributed by atoms with E-state index in [1.165, 1.54) is 36.4 Å². The van der Waals surface area contributed by atoms with Crippen molar-refractivity contribution in [2.24, 2.45) is 0 Å². The lowest BCUT2D eigenvalue weighted by molar-refractivity contribution is 0.577. The van der Waals surface area contributed by atoms with E-state index in [-0.39, 0.29) is 9.79 Å². The van der Waals surface area contributed by atoms with E-state index in [0.717, 1.165) is 11.1 Å². The Kier molecular flexibility index (Phi) is 4.85. The summed E-state index contributed by atoms with van der Waals surface area (Å²) in [6.45, 7) is 3.71. The fourth-order valence-electron chi connectivity index (χ4n) is 3.61. The number of aromatic nitrogens is 4. The molecule has 0 bridgehead atoms. The largest absolute Gasteiger partial charge is 0.342 e. The number of hydrogen-bond donors (Lipinski definition) is 3. The molecule has 0 saturated heterocycles. The predicted molar refractivity (Wildman–Crippen MR) is 125 cm³/mol. The topological polar surface area (TPSA) is 138 Å². The number of H-pyrrole nitrogens is 2. The third-order valence-corrected chi connectivity index (χ3v) is 8.66. The summed E-state index contributed by atoms with van der Waals surface area (Å²) in [6.07, 6.45) is 0. The maximum absolute atomic E-state index is 12.9. The average molecular weight is 482 g/mol. The summed E-state index contributed by atoms with van der Waals surface area (Å²) in [5.41, 5.74) is 4.04. The van der Waals surface area contributed by atoms with E-state index in [4.69, 9.17) is 0 Å². The molecule has 5 aromatic rings. The van der Waals surface area contributed by atoms with Crippen LogP contribution in [0.5, 0.6) is 0 Å². The number of imidazole rings is 2. The minimum Gasteiger partial charge on any atom is -0.342 e. The Morgan fingerprint density at radius 3 is 1.97 bits per heavy atom. The molecule has 11 heteroatoms. The number of benzene rings is 3. The molecule has 5 rings (SSSR count). The van der Waals surface area contributed by atoms with Crippen LogP contribution in [0.1, 0.15) is 11.4 Å². The first-order valence-electron chi connectivity index (χ1n) is 9.93.